The minimum Gasteiger partial charge on any atom is -0.310 e. The van der Waals surface area contributed by atoms with Gasteiger partial charge in [-0.2, -0.15) is 0 Å². The smallest absolute Gasteiger partial charge is 0.136 e. The molecule has 21 heavy (non-hydrogen) atoms. The Morgan fingerprint density at radius 3 is 2.71 bits per heavy atom. The third-order valence-electron chi connectivity index (χ3n) is 3.52. The molecule has 2 aromatic rings. The molecule has 5 heteroatoms. The molecule has 1 aliphatic carbocycles. The Hall–Kier alpha value is -1.33. The third-order valence-corrected chi connectivity index (χ3v) is 4.63. The number of nitrogens with zero attached hydrogens (tertiary/aromatic N) is 1. The van der Waals surface area contributed by atoms with Gasteiger partial charge in [-0.25, -0.2) is 13.8 Å². The monoisotopic (exact) mass is 308 g/mol. The lowest BCUT2D eigenvalue weighted by atomic mass is 10.2. The zero-order valence-electron chi connectivity index (χ0n) is 12.1. The fraction of sp³-hybridized carbons (Fsp3) is 0.438. The second-order valence-electron chi connectivity index (χ2n) is 5.76. The molecule has 0 spiro atoms. The molecular formula is C16H18F2N2S. The van der Waals surface area contributed by atoms with Gasteiger partial charge in [0, 0.05) is 35.0 Å². The average Bonchev–Trinajstić information content (AvgIpc) is 3.17. The van der Waals surface area contributed by atoms with Gasteiger partial charge in [0.25, 0.3) is 0 Å². The first kappa shape index (κ1) is 14.6. The van der Waals surface area contributed by atoms with Crippen molar-refractivity contribution in [2.75, 3.05) is 0 Å². The molecule has 1 N–H and O–H groups in total. The molecule has 1 aromatic heterocycles. The maximum absolute atomic E-state index is 13.9. The minimum absolute atomic E-state index is 0.388. The fourth-order valence-corrected chi connectivity index (χ4v) is 3.37. The highest BCUT2D eigenvalue weighted by Gasteiger charge is 2.30. The SMILES string of the molecule is CC(C)NCc1sc(-c2ccc(F)cc2F)nc1C1CC1. The molecule has 0 bridgehead atoms. The van der Waals surface area contributed by atoms with Crippen molar-refractivity contribution in [1.29, 1.82) is 0 Å². The van der Waals surface area contributed by atoms with E-state index < -0.39 is 11.6 Å². The first-order valence-corrected chi connectivity index (χ1v) is 8.04. The van der Waals surface area contributed by atoms with E-state index in [2.05, 4.69) is 24.1 Å². The largest absolute Gasteiger partial charge is 0.310 e. The van der Waals surface area contributed by atoms with Crippen molar-refractivity contribution >= 4 is 11.3 Å². The molecule has 0 aliphatic heterocycles. The Morgan fingerprint density at radius 2 is 2.10 bits per heavy atom. The molecule has 0 saturated heterocycles. The average molecular weight is 308 g/mol. The van der Waals surface area contributed by atoms with E-state index in [9.17, 15) is 8.78 Å². The van der Waals surface area contributed by atoms with Crippen LogP contribution in [0, 0.1) is 11.6 Å². The number of hydrogen-bond acceptors (Lipinski definition) is 3. The summed E-state index contributed by atoms with van der Waals surface area (Å²) < 4.78 is 26.9. The van der Waals surface area contributed by atoms with Gasteiger partial charge in [0.2, 0.25) is 0 Å². The summed E-state index contributed by atoms with van der Waals surface area (Å²) in [5.74, 6) is -0.589. The van der Waals surface area contributed by atoms with Gasteiger partial charge >= 0.3 is 0 Å². The number of benzene rings is 1. The van der Waals surface area contributed by atoms with Gasteiger partial charge in [0.15, 0.2) is 0 Å². The van der Waals surface area contributed by atoms with Gasteiger partial charge in [-0.15, -0.1) is 11.3 Å². The first-order valence-electron chi connectivity index (χ1n) is 7.23. The highest BCUT2D eigenvalue weighted by Crippen LogP contribution is 2.44. The van der Waals surface area contributed by atoms with Gasteiger partial charge in [-0.3, -0.25) is 0 Å². The predicted octanol–water partition coefficient (Wildman–Crippen LogP) is 4.46. The molecule has 2 nitrogen and oxygen atoms in total. The van der Waals surface area contributed by atoms with Crippen LogP contribution < -0.4 is 5.32 Å². The second-order valence-corrected chi connectivity index (χ2v) is 6.85. The minimum atomic E-state index is -0.558. The van der Waals surface area contributed by atoms with Crippen LogP contribution in [-0.4, -0.2) is 11.0 Å². The van der Waals surface area contributed by atoms with E-state index in [1.165, 1.54) is 28.3 Å². The van der Waals surface area contributed by atoms with Crippen LogP contribution in [0.2, 0.25) is 0 Å². The van der Waals surface area contributed by atoms with Crippen molar-refractivity contribution in [2.24, 2.45) is 0 Å². The molecule has 0 radical (unpaired) electrons. The van der Waals surface area contributed by atoms with Gasteiger partial charge in [-0.1, -0.05) is 13.8 Å². The van der Waals surface area contributed by atoms with Crippen LogP contribution in [0.3, 0.4) is 0 Å². The fourth-order valence-electron chi connectivity index (χ4n) is 2.24. The summed E-state index contributed by atoms with van der Waals surface area (Å²) in [5.41, 5.74) is 1.48. The van der Waals surface area contributed by atoms with Gasteiger partial charge in [-0.05, 0) is 25.0 Å². The zero-order chi connectivity index (χ0) is 15.0. The van der Waals surface area contributed by atoms with Crippen LogP contribution in [0.5, 0.6) is 0 Å². The molecule has 0 unspecified atom stereocenters. The van der Waals surface area contributed by atoms with Crippen LogP contribution in [-0.2, 0) is 6.54 Å². The molecule has 0 amide bonds. The summed E-state index contributed by atoms with van der Waals surface area (Å²) >= 11 is 1.51. The molecule has 1 aliphatic rings. The summed E-state index contributed by atoms with van der Waals surface area (Å²) in [7, 11) is 0. The zero-order valence-corrected chi connectivity index (χ0v) is 12.9. The van der Waals surface area contributed by atoms with E-state index in [1.807, 2.05) is 0 Å². The summed E-state index contributed by atoms with van der Waals surface area (Å²) in [6.07, 6.45) is 2.31. The molecular weight excluding hydrogens is 290 g/mol. The lowest BCUT2D eigenvalue weighted by Crippen LogP contribution is -2.21. The Balaban J connectivity index is 1.93. The lowest BCUT2D eigenvalue weighted by Gasteiger charge is -2.07. The van der Waals surface area contributed by atoms with Crippen LogP contribution in [0.25, 0.3) is 10.6 Å². The van der Waals surface area contributed by atoms with Crippen molar-refractivity contribution in [1.82, 2.24) is 10.3 Å². The maximum Gasteiger partial charge on any atom is 0.136 e. The molecule has 112 valence electrons. The highest BCUT2D eigenvalue weighted by atomic mass is 32.1. The van der Waals surface area contributed by atoms with Crippen LogP contribution >= 0.6 is 11.3 Å². The van der Waals surface area contributed by atoms with E-state index in [0.717, 1.165) is 31.1 Å². The maximum atomic E-state index is 13.9. The lowest BCUT2D eigenvalue weighted by molar-refractivity contribution is 0.585. The predicted molar refractivity (Wildman–Crippen MR) is 81.4 cm³/mol. The summed E-state index contributed by atoms with van der Waals surface area (Å²) in [4.78, 5) is 5.80. The quantitative estimate of drug-likeness (QED) is 0.882. The first-order chi connectivity index (χ1) is 10.0. The number of halogens is 2. The second kappa shape index (κ2) is 5.81. The van der Waals surface area contributed by atoms with Crippen molar-refractivity contribution in [3.8, 4) is 10.6 Å². The Labute approximate surface area is 127 Å². The normalized spacial score (nSPS) is 14.9. The van der Waals surface area contributed by atoms with E-state index in [1.54, 1.807) is 0 Å². The van der Waals surface area contributed by atoms with Crippen molar-refractivity contribution < 1.29 is 8.78 Å². The molecule has 1 saturated carbocycles. The van der Waals surface area contributed by atoms with Crippen LogP contribution in [0.15, 0.2) is 18.2 Å². The van der Waals surface area contributed by atoms with E-state index >= 15 is 0 Å². The van der Waals surface area contributed by atoms with Crippen molar-refractivity contribution in [3.63, 3.8) is 0 Å². The van der Waals surface area contributed by atoms with Crippen molar-refractivity contribution in [2.45, 2.75) is 45.2 Å². The van der Waals surface area contributed by atoms with Gasteiger partial charge in [0.05, 0.1) is 5.69 Å². The molecule has 1 aromatic carbocycles. The van der Waals surface area contributed by atoms with Crippen molar-refractivity contribution in [3.05, 3.63) is 40.4 Å². The van der Waals surface area contributed by atoms with E-state index in [-0.39, 0.29) is 0 Å². The van der Waals surface area contributed by atoms with Gasteiger partial charge < -0.3 is 5.32 Å². The number of hydrogen-bond donors (Lipinski definition) is 1. The molecule has 1 heterocycles. The summed E-state index contributed by atoms with van der Waals surface area (Å²) in [6.45, 7) is 4.95. The molecule has 1 fully saturated rings. The Kier molecular flexibility index (Phi) is 4.04. The van der Waals surface area contributed by atoms with E-state index in [0.29, 0.717) is 22.5 Å². The summed E-state index contributed by atoms with van der Waals surface area (Å²) in [6, 6.07) is 4.06. The topological polar surface area (TPSA) is 24.9 Å². The number of aromatic nitrogens is 1. The standard InChI is InChI=1S/C16H18F2N2S/c1-9(2)19-8-14-15(10-3-4-10)20-16(21-14)12-6-5-11(17)7-13(12)18/h5-7,9-10,19H,3-4,8H2,1-2H3. The number of rotatable bonds is 5. The van der Waals surface area contributed by atoms with E-state index in [4.69, 9.17) is 0 Å². The highest BCUT2D eigenvalue weighted by molar-refractivity contribution is 7.15. The number of nitrogens with one attached hydrogen (secondary N) is 1. The Bertz CT molecular complexity index is 648. The third kappa shape index (κ3) is 3.30. The summed E-state index contributed by atoms with van der Waals surface area (Å²) in [5, 5.41) is 4.04. The van der Waals surface area contributed by atoms with Crippen LogP contribution in [0.4, 0.5) is 8.78 Å². The number of thiazole rings is 1. The Morgan fingerprint density at radius 1 is 1.33 bits per heavy atom. The molecule has 0 atom stereocenters. The van der Waals surface area contributed by atoms with Gasteiger partial charge in [0.1, 0.15) is 16.6 Å². The molecule has 3 rings (SSSR count). The van der Waals surface area contributed by atoms with Crippen LogP contribution in [0.1, 0.15) is 43.2 Å².